The second-order valence-electron chi connectivity index (χ2n) is 3.29. The molecule has 1 rings (SSSR count). The molecule has 0 unspecified atom stereocenters. The van der Waals surface area contributed by atoms with E-state index in [4.69, 9.17) is 0 Å². The average Bonchev–Trinajstić information content (AvgIpc) is 2.49. The fourth-order valence-electron chi connectivity index (χ4n) is 1.09. The van der Waals surface area contributed by atoms with Gasteiger partial charge in [0.05, 0.1) is 6.33 Å². The van der Waals surface area contributed by atoms with Gasteiger partial charge in [-0.3, -0.25) is 0 Å². The number of aromatic amines is 1. The zero-order chi connectivity index (χ0) is 8.81. The standard InChI is InChI=1S/C9H17N3/c1-8(2)11-5-3-4-9-6-10-7-12-9/h6-8,11H,3-5H2,1-2H3,(H,10,12). The predicted octanol–water partition coefficient (Wildman–Crippen LogP) is 1.34. The van der Waals surface area contributed by atoms with Gasteiger partial charge in [0.2, 0.25) is 0 Å². The van der Waals surface area contributed by atoms with Gasteiger partial charge in [0.1, 0.15) is 0 Å². The maximum Gasteiger partial charge on any atom is 0.0921 e. The summed E-state index contributed by atoms with van der Waals surface area (Å²) in [6.45, 7) is 5.41. The number of nitrogens with zero attached hydrogens (tertiary/aromatic N) is 1. The molecule has 0 spiro atoms. The van der Waals surface area contributed by atoms with Crippen molar-refractivity contribution in [2.75, 3.05) is 6.54 Å². The van der Waals surface area contributed by atoms with Crippen LogP contribution in [-0.2, 0) is 6.42 Å². The minimum atomic E-state index is 0.590. The largest absolute Gasteiger partial charge is 0.348 e. The molecule has 0 bridgehead atoms. The minimum Gasteiger partial charge on any atom is -0.348 e. The first-order chi connectivity index (χ1) is 5.79. The van der Waals surface area contributed by atoms with E-state index in [-0.39, 0.29) is 0 Å². The highest BCUT2D eigenvalue weighted by atomic mass is 14.9. The first kappa shape index (κ1) is 9.26. The average molecular weight is 167 g/mol. The molecule has 1 heterocycles. The number of rotatable bonds is 5. The summed E-state index contributed by atoms with van der Waals surface area (Å²) in [5.74, 6) is 0. The highest BCUT2D eigenvalue weighted by Gasteiger charge is 1.94. The second kappa shape index (κ2) is 4.93. The van der Waals surface area contributed by atoms with Crippen molar-refractivity contribution in [3.05, 3.63) is 18.2 Å². The van der Waals surface area contributed by atoms with Crippen molar-refractivity contribution < 1.29 is 0 Å². The highest BCUT2D eigenvalue weighted by Crippen LogP contribution is 1.95. The molecule has 0 fully saturated rings. The van der Waals surface area contributed by atoms with Crippen molar-refractivity contribution >= 4 is 0 Å². The van der Waals surface area contributed by atoms with Crippen LogP contribution in [0.3, 0.4) is 0 Å². The number of nitrogens with one attached hydrogen (secondary N) is 2. The summed E-state index contributed by atoms with van der Waals surface area (Å²) in [4.78, 5) is 7.05. The molecular weight excluding hydrogens is 150 g/mol. The van der Waals surface area contributed by atoms with Crippen LogP contribution in [0, 0.1) is 0 Å². The summed E-state index contributed by atoms with van der Waals surface area (Å²) >= 11 is 0. The number of hydrogen-bond acceptors (Lipinski definition) is 2. The zero-order valence-corrected chi connectivity index (χ0v) is 7.80. The Morgan fingerprint density at radius 3 is 3.00 bits per heavy atom. The van der Waals surface area contributed by atoms with Gasteiger partial charge in [0.15, 0.2) is 0 Å². The van der Waals surface area contributed by atoms with Crippen LogP contribution in [0.4, 0.5) is 0 Å². The van der Waals surface area contributed by atoms with Gasteiger partial charge in [-0.05, 0) is 19.4 Å². The number of hydrogen-bond donors (Lipinski definition) is 2. The Kier molecular flexibility index (Phi) is 3.80. The number of aryl methyl sites for hydroxylation is 1. The minimum absolute atomic E-state index is 0.590. The lowest BCUT2D eigenvalue weighted by molar-refractivity contribution is 0.569. The summed E-state index contributed by atoms with van der Waals surface area (Å²) in [6, 6.07) is 0.590. The molecule has 68 valence electrons. The Bertz CT molecular complexity index is 192. The van der Waals surface area contributed by atoms with Crippen molar-refractivity contribution in [2.45, 2.75) is 32.7 Å². The van der Waals surface area contributed by atoms with E-state index in [1.54, 1.807) is 6.33 Å². The first-order valence-electron chi connectivity index (χ1n) is 4.49. The molecule has 0 saturated carbocycles. The van der Waals surface area contributed by atoms with Crippen LogP contribution in [-0.4, -0.2) is 22.6 Å². The summed E-state index contributed by atoms with van der Waals surface area (Å²) in [7, 11) is 0. The van der Waals surface area contributed by atoms with E-state index in [2.05, 4.69) is 29.1 Å². The van der Waals surface area contributed by atoms with Crippen molar-refractivity contribution in [1.82, 2.24) is 15.3 Å². The summed E-state index contributed by atoms with van der Waals surface area (Å²) in [6.07, 6.45) is 5.86. The van der Waals surface area contributed by atoms with E-state index < -0.39 is 0 Å². The van der Waals surface area contributed by atoms with E-state index in [1.807, 2.05) is 6.20 Å². The maximum absolute atomic E-state index is 3.96. The molecule has 1 aromatic rings. The van der Waals surface area contributed by atoms with E-state index in [9.17, 15) is 0 Å². The highest BCUT2D eigenvalue weighted by molar-refractivity contribution is 4.93. The topological polar surface area (TPSA) is 40.7 Å². The number of H-pyrrole nitrogens is 1. The van der Waals surface area contributed by atoms with E-state index >= 15 is 0 Å². The maximum atomic E-state index is 3.96. The van der Waals surface area contributed by atoms with Crippen LogP contribution in [0.2, 0.25) is 0 Å². The monoisotopic (exact) mass is 167 g/mol. The number of imidazole rings is 1. The van der Waals surface area contributed by atoms with E-state index in [0.717, 1.165) is 13.0 Å². The molecule has 3 heteroatoms. The lowest BCUT2D eigenvalue weighted by Gasteiger charge is -2.06. The molecule has 0 atom stereocenters. The third-order valence-electron chi connectivity index (χ3n) is 1.73. The zero-order valence-electron chi connectivity index (χ0n) is 7.80. The number of aromatic nitrogens is 2. The molecule has 0 radical (unpaired) electrons. The third kappa shape index (κ3) is 3.53. The Morgan fingerprint density at radius 1 is 1.58 bits per heavy atom. The Balaban J connectivity index is 2.04. The molecule has 0 aliphatic rings. The normalized spacial score (nSPS) is 10.9. The fourth-order valence-corrected chi connectivity index (χ4v) is 1.09. The van der Waals surface area contributed by atoms with Crippen molar-refractivity contribution in [3.63, 3.8) is 0 Å². The molecule has 0 aliphatic carbocycles. The molecule has 0 saturated heterocycles. The van der Waals surface area contributed by atoms with Crippen LogP contribution in [0.15, 0.2) is 12.5 Å². The SMILES string of the molecule is CC(C)NCCCc1cnc[nH]1. The third-order valence-corrected chi connectivity index (χ3v) is 1.73. The van der Waals surface area contributed by atoms with Gasteiger partial charge in [-0.2, -0.15) is 0 Å². The van der Waals surface area contributed by atoms with Crippen molar-refractivity contribution in [2.24, 2.45) is 0 Å². The van der Waals surface area contributed by atoms with Gasteiger partial charge in [0.25, 0.3) is 0 Å². The Hall–Kier alpha value is -0.830. The van der Waals surface area contributed by atoms with Crippen LogP contribution >= 0.6 is 0 Å². The van der Waals surface area contributed by atoms with Gasteiger partial charge >= 0.3 is 0 Å². The predicted molar refractivity (Wildman–Crippen MR) is 50.0 cm³/mol. The van der Waals surface area contributed by atoms with Crippen LogP contribution in [0.1, 0.15) is 26.0 Å². The van der Waals surface area contributed by atoms with Gasteiger partial charge in [-0.25, -0.2) is 4.98 Å². The molecule has 12 heavy (non-hydrogen) atoms. The van der Waals surface area contributed by atoms with Gasteiger partial charge in [-0.1, -0.05) is 13.8 Å². The lowest BCUT2D eigenvalue weighted by Crippen LogP contribution is -2.23. The second-order valence-corrected chi connectivity index (χ2v) is 3.29. The quantitative estimate of drug-likeness (QED) is 0.650. The van der Waals surface area contributed by atoms with Crippen LogP contribution in [0.25, 0.3) is 0 Å². The molecule has 0 aliphatic heterocycles. The van der Waals surface area contributed by atoms with Gasteiger partial charge in [-0.15, -0.1) is 0 Å². The Labute approximate surface area is 73.6 Å². The molecular formula is C9H17N3. The van der Waals surface area contributed by atoms with E-state index in [1.165, 1.54) is 12.1 Å². The fraction of sp³-hybridized carbons (Fsp3) is 0.667. The molecule has 0 amide bonds. The summed E-state index contributed by atoms with van der Waals surface area (Å²) in [5, 5.41) is 3.37. The Morgan fingerprint density at radius 2 is 2.42 bits per heavy atom. The molecule has 3 nitrogen and oxygen atoms in total. The van der Waals surface area contributed by atoms with Crippen molar-refractivity contribution in [3.8, 4) is 0 Å². The summed E-state index contributed by atoms with van der Waals surface area (Å²) in [5.41, 5.74) is 1.22. The van der Waals surface area contributed by atoms with Crippen molar-refractivity contribution in [1.29, 1.82) is 0 Å². The molecule has 0 aromatic carbocycles. The molecule has 1 aromatic heterocycles. The lowest BCUT2D eigenvalue weighted by atomic mass is 10.2. The molecule has 2 N–H and O–H groups in total. The smallest absolute Gasteiger partial charge is 0.0921 e. The van der Waals surface area contributed by atoms with E-state index in [0.29, 0.717) is 6.04 Å². The first-order valence-corrected chi connectivity index (χ1v) is 4.49. The van der Waals surface area contributed by atoms with Crippen LogP contribution < -0.4 is 5.32 Å². The van der Waals surface area contributed by atoms with Crippen LogP contribution in [0.5, 0.6) is 0 Å². The van der Waals surface area contributed by atoms with Gasteiger partial charge < -0.3 is 10.3 Å². The summed E-state index contributed by atoms with van der Waals surface area (Å²) < 4.78 is 0. The van der Waals surface area contributed by atoms with Gasteiger partial charge in [0, 0.05) is 17.9 Å².